The third-order valence-electron chi connectivity index (χ3n) is 2.53. The molecule has 0 aliphatic carbocycles. The van der Waals surface area contributed by atoms with Gasteiger partial charge in [-0.25, -0.2) is 0 Å². The highest BCUT2D eigenvalue weighted by Gasteiger charge is 2.08. The lowest BCUT2D eigenvalue weighted by Gasteiger charge is -2.07. The minimum absolute atomic E-state index is 0.0430. The molecule has 0 fully saturated rings. The van der Waals surface area contributed by atoms with Crippen molar-refractivity contribution in [1.82, 2.24) is 10.2 Å². The maximum Gasteiger partial charge on any atom is 0.263 e. The van der Waals surface area contributed by atoms with Gasteiger partial charge < -0.3 is 10.1 Å². The molecule has 1 amide bonds. The van der Waals surface area contributed by atoms with E-state index in [1.54, 1.807) is 18.3 Å². The Morgan fingerprint density at radius 1 is 1.53 bits per heavy atom. The van der Waals surface area contributed by atoms with Gasteiger partial charge in [0.05, 0.1) is 6.20 Å². The van der Waals surface area contributed by atoms with Crippen LogP contribution in [0.4, 0.5) is 5.82 Å². The van der Waals surface area contributed by atoms with Crippen molar-refractivity contribution in [2.45, 2.75) is 13.3 Å². The van der Waals surface area contributed by atoms with E-state index in [0.717, 1.165) is 16.5 Å². The molecule has 0 radical (unpaired) electrons. The van der Waals surface area contributed by atoms with E-state index in [1.165, 1.54) is 0 Å². The SMILES string of the molecule is CCc1cn[nH]c1NC(=O)COc1cccc(Br)c1. The number of nitrogens with zero attached hydrogens (tertiary/aromatic N) is 1. The van der Waals surface area contributed by atoms with E-state index in [0.29, 0.717) is 11.6 Å². The first-order chi connectivity index (χ1) is 9.19. The van der Waals surface area contributed by atoms with Crippen LogP contribution < -0.4 is 10.1 Å². The molecule has 6 heteroatoms. The number of aromatic nitrogens is 2. The van der Waals surface area contributed by atoms with Gasteiger partial charge in [-0.15, -0.1) is 0 Å². The molecule has 1 heterocycles. The average molecular weight is 324 g/mol. The van der Waals surface area contributed by atoms with Crippen LogP contribution in [0.5, 0.6) is 5.75 Å². The standard InChI is InChI=1S/C13H14BrN3O2/c1-2-9-7-15-17-13(9)16-12(18)8-19-11-5-3-4-10(14)6-11/h3-7H,2,8H2,1H3,(H2,15,16,17,18). The first-order valence-electron chi connectivity index (χ1n) is 5.89. The van der Waals surface area contributed by atoms with Gasteiger partial charge in [-0.3, -0.25) is 9.89 Å². The number of H-pyrrole nitrogens is 1. The Bertz CT molecular complexity index is 569. The zero-order chi connectivity index (χ0) is 13.7. The second-order valence-corrected chi connectivity index (χ2v) is 4.83. The minimum Gasteiger partial charge on any atom is -0.484 e. The fraction of sp³-hybridized carbons (Fsp3) is 0.231. The van der Waals surface area contributed by atoms with Crippen LogP contribution in [0.1, 0.15) is 12.5 Å². The van der Waals surface area contributed by atoms with Crippen LogP contribution in [-0.2, 0) is 11.2 Å². The molecule has 0 aliphatic rings. The van der Waals surface area contributed by atoms with Gasteiger partial charge in [-0.05, 0) is 24.6 Å². The third-order valence-corrected chi connectivity index (χ3v) is 3.02. The van der Waals surface area contributed by atoms with Gasteiger partial charge >= 0.3 is 0 Å². The van der Waals surface area contributed by atoms with Crippen molar-refractivity contribution in [3.05, 3.63) is 40.5 Å². The van der Waals surface area contributed by atoms with Crippen molar-refractivity contribution < 1.29 is 9.53 Å². The number of carbonyl (C=O) groups excluding carboxylic acids is 1. The zero-order valence-electron chi connectivity index (χ0n) is 10.4. The summed E-state index contributed by atoms with van der Waals surface area (Å²) in [4.78, 5) is 11.7. The largest absolute Gasteiger partial charge is 0.484 e. The molecule has 0 saturated carbocycles. The summed E-state index contributed by atoms with van der Waals surface area (Å²) in [6.45, 7) is 1.96. The van der Waals surface area contributed by atoms with Crippen LogP contribution in [0.3, 0.4) is 0 Å². The van der Waals surface area contributed by atoms with E-state index in [-0.39, 0.29) is 12.5 Å². The lowest BCUT2D eigenvalue weighted by atomic mass is 10.2. The molecular weight excluding hydrogens is 310 g/mol. The molecule has 2 N–H and O–H groups in total. The summed E-state index contributed by atoms with van der Waals surface area (Å²) in [6.07, 6.45) is 2.50. The number of anilines is 1. The zero-order valence-corrected chi connectivity index (χ0v) is 12.0. The molecule has 1 aromatic carbocycles. The molecule has 0 bridgehead atoms. The van der Waals surface area contributed by atoms with Crippen molar-refractivity contribution >= 4 is 27.7 Å². The fourth-order valence-electron chi connectivity index (χ4n) is 1.57. The van der Waals surface area contributed by atoms with Crippen LogP contribution in [0, 0.1) is 0 Å². The summed E-state index contributed by atoms with van der Waals surface area (Å²) in [6, 6.07) is 7.35. The van der Waals surface area contributed by atoms with Crippen molar-refractivity contribution in [3.8, 4) is 5.75 Å². The van der Waals surface area contributed by atoms with Gasteiger partial charge in [0.25, 0.3) is 5.91 Å². The van der Waals surface area contributed by atoms with E-state index in [9.17, 15) is 4.79 Å². The number of ether oxygens (including phenoxy) is 1. The second-order valence-electron chi connectivity index (χ2n) is 3.92. The topological polar surface area (TPSA) is 67.0 Å². The quantitative estimate of drug-likeness (QED) is 0.889. The smallest absolute Gasteiger partial charge is 0.263 e. The predicted octanol–water partition coefficient (Wildman–Crippen LogP) is 2.75. The monoisotopic (exact) mass is 323 g/mol. The molecule has 0 saturated heterocycles. The Hall–Kier alpha value is -1.82. The number of aryl methyl sites for hydroxylation is 1. The van der Waals surface area contributed by atoms with Crippen molar-refractivity contribution in [2.75, 3.05) is 11.9 Å². The Kier molecular flexibility index (Phi) is 4.57. The maximum atomic E-state index is 11.7. The fourth-order valence-corrected chi connectivity index (χ4v) is 1.95. The van der Waals surface area contributed by atoms with Gasteiger partial charge in [-0.2, -0.15) is 5.10 Å². The predicted molar refractivity (Wildman–Crippen MR) is 76.2 cm³/mol. The summed E-state index contributed by atoms with van der Waals surface area (Å²) in [5, 5.41) is 9.37. The Morgan fingerprint density at radius 3 is 3.11 bits per heavy atom. The van der Waals surface area contributed by atoms with Crippen LogP contribution in [0.2, 0.25) is 0 Å². The third kappa shape index (κ3) is 3.82. The average Bonchev–Trinajstić information content (AvgIpc) is 2.84. The second kappa shape index (κ2) is 6.38. The lowest BCUT2D eigenvalue weighted by molar-refractivity contribution is -0.118. The van der Waals surface area contributed by atoms with Crippen molar-refractivity contribution in [2.24, 2.45) is 0 Å². The van der Waals surface area contributed by atoms with Crippen LogP contribution >= 0.6 is 15.9 Å². The van der Waals surface area contributed by atoms with E-state index >= 15 is 0 Å². The summed E-state index contributed by atoms with van der Waals surface area (Å²) in [5.41, 5.74) is 0.968. The van der Waals surface area contributed by atoms with Gasteiger partial charge in [0.2, 0.25) is 0 Å². The number of benzene rings is 1. The van der Waals surface area contributed by atoms with Crippen molar-refractivity contribution in [1.29, 1.82) is 0 Å². The van der Waals surface area contributed by atoms with Gasteiger partial charge in [-0.1, -0.05) is 28.9 Å². The number of amides is 1. The number of hydrogen-bond acceptors (Lipinski definition) is 3. The van der Waals surface area contributed by atoms with Crippen LogP contribution in [0.25, 0.3) is 0 Å². The molecule has 0 aliphatic heterocycles. The Labute approximate surface area is 119 Å². The summed E-state index contributed by atoms with van der Waals surface area (Å²) in [5.74, 6) is 1.05. The number of carbonyl (C=O) groups is 1. The molecule has 1 aromatic heterocycles. The number of rotatable bonds is 5. The summed E-state index contributed by atoms with van der Waals surface area (Å²) >= 11 is 3.34. The highest BCUT2D eigenvalue weighted by Crippen LogP contribution is 2.17. The number of nitrogens with one attached hydrogen (secondary N) is 2. The Morgan fingerprint density at radius 2 is 2.37 bits per heavy atom. The minimum atomic E-state index is -0.223. The molecule has 100 valence electrons. The molecule has 0 atom stereocenters. The maximum absolute atomic E-state index is 11.7. The van der Waals surface area contributed by atoms with Crippen molar-refractivity contribution in [3.63, 3.8) is 0 Å². The number of aromatic amines is 1. The van der Waals surface area contributed by atoms with E-state index < -0.39 is 0 Å². The molecule has 0 unspecified atom stereocenters. The molecular formula is C13H14BrN3O2. The number of halogens is 1. The highest BCUT2D eigenvalue weighted by molar-refractivity contribution is 9.10. The van der Waals surface area contributed by atoms with Gasteiger partial charge in [0.1, 0.15) is 11.6 Å². The van der Waals surface area contributed by atoms with Gasteiger partial charge in [0.15, 0.2) is 6.61 Å². The molecule has 19 heavy (non-hydrogen) atoms. The number of hydrogen-bond donors (Lipinski definition) is 2. The van der Waals surface area contributed by atoms with Crippen LogP contribution in [-0.4, -0.2) is 22.7 Å². The Balaban J connectivity index is 1.88. The lowest BCUT2D eigenvalue weighted by Crippen LogP contribution is -2.21. The van der Waals surface area contributed by atoms with E-state index in [4.69, 9.17) is 4.74 Å². The molecule has 2 aromatic rings. The summed E-state index contributed by atoms with van der Waals surface area (Å²) in [7, 11) is 0. The first-order valence-corrected chi connectivity index (χ1v) is 6.68. The highest BCUT2D eigenvalue weighted by atomic mass is 79.9. The molecule has 2 rings (SSSR count). The first kappa shape index (κ1) is 13.6. The molecule has 5 nitrogen and oxygen atoms in total. The van der Waals surface area contributed by atoms with E-state index in [1.807, 2.05) is 19.1 Å². The van der Waals surface area contributed by atoms with E-state index in [2.05, 4.69) is 31.4 Å². The normalized spacial score (nSPS) is 10.2. The molecule has 0 spiro atoms. The van der Waals surface area contributed by atoms with Crippen LogP contribution in [0.15, 0.2) is 34.9 Å². The summed E-state index contributed by atoms with van der Waals surface area (Å²) < 4.78 is 6.30. The van der Waals surface area contributed by atoms with Gasteiger partial charge in [0, 0.05) is 10.0 Å².